The van der Waals surface area contributed by atoms with Gasteiger partial charge in [0.2, 0.25) is 5.91 Å². The van der Waals surface area contributed by atoms with E-state index in [0.717, 1.165) is 6.07 Å². The summed E-state index contributed by atoms with van der Waals surface area (Å²) in [5, 5.41) is 10.8. The minimum absolute atomic E-state index is 0.0595. The number of halogens is 1. The van der Waals surface area contributed by atoms with Crippen LogP contribution in [0.1, 0.15) is 5.56 Å². The smallest absolute Gasteiger partial charge is 0.238 e. The first-order valence-electron chi connectivity index (χ1n) is 3.87. The third-order valence-corrected chi connectivity index (χ3v) is 1.56. The molecule has 0 heterocycles. The summed E-state index contributed by atoms with van der Waals surface area (Å²) < 4.78 is 13.0. The quantitative estimate of drug-likeness (QED) is 0.721. The second kappa shape index (κ2) is 4.35. The predicted octanol–water partition coefficient (Wildman–Crippen LogP) is 0.595. The van der Waals surface area contributed by atoms with Gasteiger partial charge in [-0.2, -0.15) is 5.26 Å². The molecular formula is C9H8FN3O. The van der Waals surface area contributed by atoms with E-state index < -0.39 is 11.7 Å². The van der Waals surface area contributed by atoms with Crippen LogP contribution in [0.4, 0.5) is 10.1 Å². The Hall–Kier alpha value is -1.93. The molecular weight excluding hydrogens is 185 g/mol. The lowest BCUT2D eigenvalue weighted by atomic mass is 10.2. The van der Waals surface area contributed by atoms with Gasteiger partial charge in [0.25, 0.3) is 0 Å². The van der Waals surface area contributed by atoms with Gasteiger partial charge in [-0.3, -0.25) is 4.79 Å². The van der Waals surface area contributed by atoms with E-state index in [0.29, 0.717) is 0 Å². The van der Waals surface area contributed by atoms with Crippen LogP contribution in [-0.2, 0) is 4.79 Å². The summed E-state index contributed by atoms with van der Waals surface area (Å²) in [6, 6.07) is 5.49. The molecule has 0 aliphatic heterocycles. The Kier molecular flexibility index (Phi) is 3.15. The van der Waals surface area contributed by atoms with Crippen molar-refractivity contribution in [3.05, 3.63) is 29.6 Å². The van der Waals surface area contributed by atoms with Crippen molar-refractivity contribution in [2.45, 2.75) is 0 Å². The Bertz CT molecular complexity index is 398. The fourth-order valence-corrected chi connectivity index (χ4v) is 0.896. The van der Waals surface area contributed by atoms with Crippen molar-refractivity contribution in [3.8, 4) is 6.07 Å². The molecule has 0 saturated carbocycles. The molecule has 1 rings (SSSR count). The minimum Gasteiger partial charge on any atom is -0.325 e. The summed E-state index contributed by atoms with van der Waals surface area (Å²) in [5.74, 6) is -1.07. The number of nitriles is 1. The van der Waals surface area contributed by atoms with Crippen LogP contribution in [0.3, 0.4) is 0 Å². The topological polar surface area (TPSA) is 78.9 Å². The molecule has 1 aromatic carbocycles. The fourth-order valence-electron chi connectivity index (χ4n) is 0.896. The average molecular weight is 193 g/mol. The standard InChI is InChI=1S/C9H8FN3O/c10-8-3-7(13-9(14)5-12)2-1-6(8)4-11/h1-3H,5,12H2,(H,13,14). The molecule has 0 spiro atoms. The maximum Gasteiger partial charge on any atom is 0.238 e. The highest BCUT2D eigenvalue weighted by Crippen LogP contribution is 2.13. The number of rotatable bonds is 2. The molecule has 0 unspecified atom stereocenters. The molecule has 3 N–H and O–H groups in total. The van der Waals surface area contributed by atoms with Crippen LogP contribution in [0.5, 0.6) is 0 Å². The summed E-state index contributed by atoms with van der Waals surface area (Å²) in [4.78, 5) is 10.8. The normalized spacial score (nSPS) is 9.21. The molecule has 0 aliphatic rings. The van der Waals surface area contributed by atoms with Crippen LogP contribution in [0.15, 0.2) is 18.2 Å². The number of hydrogen-bond acceptors (Lipinski definition) is 3. The van der Waals surface area contributed by atoms with E-state index in [1.807, 2.05) is 0 Å². The monoisotopic (exact) mass is 193 g/mol. The van der Waals surface area contributed by atoms with Crippen LogP contribution in [0.2, 0.25) is 0 Å². The Morgan fingerprint density at radius 1 is 1.64 bits per heavy atom. The molecule has 0 saturated heterocycles. The largest absolute Gasteiger partial charge is 0.325 e. The van der Waals surface area contributed by atoms with Gasteiger partial charge in [-0.1, -0.05) is 0 Å². The molecule has 1 amide bonds. The fraction of sp³-hybridized carbons (Fsp3) is 0.111. The van der Waals surface area contributed by atoms with E-state index in [4.69, 9.17) is 11.0 Å². The maximum absolute atomic E-state index is 13.0. The highest BCUT2D eigenvalue weighted by atomic mass is 19.1. The second-order valence-corrected chi connectivity index (χ2v) is 2.56. The lowest BCUT2D eigenvalue weighted by molar-refractivity contribution is -0.114. The SMILES string of the molecule is N#Cc1ccc(NC(=O)CN)cc1F. The van der Waals surface area contributed by atoms with Crippen molar-refractivity contribution in [1.29, 1.82) is 5.26 Å². The van der Waals surface area contributed by atoms with Gasteiger partial charge in [0.1, 0.15) is 11.9 Å². The number of nitrogens with one attached hydrogen (secondary N) is 1. The molecule has 72 valence electrons. The molecule has 0 aromatic heterocycles. The lowest BCUT2D eigenvalue weighted by Gasteiger charge is -2.03. The number of amides is 1. The highest BCUT2D eigenvalue weighted by Gasteiger charge is 2.04. The summed E-state index contributed by atoms with van der Waals surface area (Å²) >= 11 is 0. The van der Waals surface area contributed by atoms with E-state index in [1.54, 1.807) is 6.07 Å². The number of nitrogens with zero attached hydrogens (tertiary/aromatic N) is 1. The second-order valence-electron chi connectivity index (χ2n) is 2.56. The van der Waals surface area contributed by atoms with E-state index in [9.17, 15) is 9.18 Å². The maximum atomic E-state index is 13.0. The van der Waals surface area contributed by atoms with Crippen LogP contribution in [-0.4, -0.2) is 12.5 Å². The third-order valence-electron chi connectivity index (χ3n) is 1.56. The first-order chi connectivity index (χ1) is 6.67. The number of carbonyl (C=O) groups excluding carboxylic acids is 1. The van der Waals surface area contributed by atoms with Crippen molar-refractivity contribution in [1.82, 2.24) is 0 Å². The zero-order valence-electron chi connectivity index (χ0n) is 7.25. The Balaban J connectivity index is 2.88. The Labute approximate surface area is 80.1 Å². The molecule has 0 aliphatic carbocycles. The van der Waals surface area contributed by atoms with Gasteiger partial charge in [-0.05, 0) is 18.2 Å². The molecule has 0 bridgehead atoms. The van der Waals surface area contributed by atoms with E-state index in [-0.39, 0.29) is 17.8 Å². The summed E-state index contributed by atoms with van der Waals surface area (Å²) in [6.45, 7) is -0.165. The third kappa shape index (κ3) is 2.28. The van der Waals surface area contributed by atoms with Gasteiger partial charge < -0.3 is 11.1 Å². The molecule has 1 aromatic rings. The lowest BCUT2D eigenvalue weighted by Crippen LogP contribution is -2.21. The zero-order valence-corrected chi connectivity index (χ0v) is 7.25. The zero-order chi connectivity index (χ0) is 10.6. The molecule has 0 radical (unpaired) electrons. The molecule has 5 heteroatoms. The summed E-state index contributed by atoms with van der Waals surface area (Å²) in [7, 11) is 0. The number of nitrogens with two attached hydrogens (primary N) is 1. The van der Waals surface area contributed by atoms with Crippen molar-refractivity contribution in [3.63, 3.8) is 0 Å². The Morgan fingerprint density at radius 2 is 2.36 bits per heavy atom. The van der Waals surface area contributed by atoms with E-state index in [2.05, 4.69) is 5.32 Å². The summed E-state index contributed by atoms with van der Waals surface area (Å²) in [5.41, 5.74) is 5.29. The van der Waals surface area contributed by atoms with Gasteiger partial charge in [-0.25, -0.2) is 4.39 Å². The van der Waals surface area contributed by atoms with Gasteiger partial charge in [0.15, 0.2) is 0 Å². The van der Waals surface area contributed by atoms with Crippen molar-refractivity contribution < 1.29 is 9.18 Å². The number of hydrogen-bond donors (Lipinski definition) is 2. The van der Waals surface area contributed by atoms with Crippen LogP contribution in [0.25, 0.3) is 0 Å². The van der Waals surface area contributed by atoms with Crippen molar-refractivity contribution >= 4 is 11.6 Å². The number of carbonyl (C=O) groups is 1. The number of anilines is 1. The van der Waals surface area contributed by atoms with Gasteiger partial charge in [0.05, 0.1) is 12.1 Å². The molecule has 14 heavy (non-hydrogen) atoms. The van der Waals surface area contributed by atoms with Crippen LogP contribution >= 0.6 is 0 Å². The average Bonchev–Trinajstić information content (AvgIpc) is 2.18. The minimum atomic E-state index is -0.665. The highest BCUT2D eigenvalue weighted by molar-refractivity contribution is 5.92. The van der Waals surface area contributed by atoms with Crippen LogP contribution < -0.4 is 11.1 Å². The Morgan fingerprint density at radius 3 is 2.86 bits per heavy atom. The molecule has 4 nitrogen and oxygen atoms in total. The first kappa shape index (κ1) is 10.2. The van der Waals surface area contributed by atoms with Gasteiger partial charge in [0, 0.05) is 5.69 Å². The molecule has 0 atom stereocenters. The van der Waals surface area contributed by atoms with Gasteiger partial charge >= 0.3 is 0 Å². The molecule has 0 fully saturated rings. The first-order valence-corrected chi connectivity index (χ1v) is 3.87. The van der Waals surface area contributed by atoms with Crippen LogP contribution in [0, 0.1) is 17.1 Å². The van der Waals surface area contributed by atoms with E-state index in [1.165, 1.54) is 12.1 Å². The van der Waals surface area contributed by atoms with E-state index >= 15 is 0 Å². The van der Waals surface area contributed by atoms with Gasteiger partial charge in [-0.15, -0.1) is 0 Å². The summed E-state index contributed by atoms with van der Waals surface area (Å²) in [6.07, 6.45) is 0. The van der Waals surface area contributed by atoms with Crippen molar-refractivity contribution in [2.24, 2.45) is 5.73 Å². The van der Waals surface area contributed by atoms with Crippen molar-refractivity contribution in [2.75, 3.05) is 11.9 Å². The number of benzene rings is 1. The predicted molar refractivity (Wildman–Crippen MR) is 48.8 cm³/mol.